The fraction of sp³-hybridized carbons (Fsp3) is 0.0370. The lowest BCUT2D eigenvalue weighted by molar-refractivity contribution is -0.111. The Labute approximate surface area is 226 Å². The molecule has 0 aliphatic carbocycles. The van der Waals surface area contributed by atoms with Gasteiger partial charge in [-0.2, -0.15) is 0 Å². The summed E-state index contributed by atoms with van der Waals surface area (Å²) < 4.78 is 11.6. The van der Waals surface area contributed by atoms with E-state index in [1.54, 1.807) is 48.5 Å². The number of aryl methyl sites for hydroxylation is 1. The van der Waals surface area contributed by atoms with Gasteiger partial charge in [-0.3, -0.25) is 4.79 Å². The molecule has 5 nitrogen and oxygen atoms in total. The predicted octanol–water partition coefficient (Wildman–Crippen LogP) is 9.33. The van der Waals surface area contributed by atoms with Crippen LogP contribution in [0.15, 0.2) is 75.6 Å². The van der Waals surface area contributed by atoms with Crippen molar-refractivity contribution < 1.29 is 13.6 Å². The highest BCUT2D eigenvalue weighted by atomic mass is 35.5. The molecule has 0 bridgehead atoms. The van der Waals surface area contributed by atoms with E-state index in [2.05, 4.69) is 10.3 Å². The molecule has 36 heavy (non-hydrogen) atoms. The molecule has 180 valence electrons. The first kappa shape index (κ1) is 24.5. The van der Waals surface area contributed by atoms with Gasteiger partial charge < -0.3 is 14.2 Å². The summed E-state index contributed by atoms with van der Waals surface area (Å²) in [4.78, 5) is 17.1. The summed E-state index contributed by atoms with van der Waals surface area (Å²) in [7, 11) is 0. The van der Waals surface area contributed by atoms with E-state index in [-0.39, 0.29) is 5.91 Å². The summed E-state index contributed by atoms with van der Waals surface area (Å²) in [5, 5.41) is 4.56. The van der Waals surface area contributed by atoms with Crippen LogP contribution < -0.4 is 5.32 Å². The maximum absolute atomic E-state index is 12.6. The lowest BCUT2D eigenvalue weighted by Crippen LogP contribution is -2.09. The monoisotopic (exact) mass is 556 g/mol. The predicted molar refractivity (Wildman–Crippen MR) is 146 cm³/mol. The van der Waals surface area contributed by atoms with Crippen LogP contribution in [0.1, 0.15) is 11.3 Å². The van der Waals surface area contributed by atoms with Crippen LogP contribution in [-0.2, 0) is 4.79 Å². The third kappa shape index (κ3) is 5.01. The molecule has 0 fully saturated rings. The number of carbonyl (C=O) groups is 1. The van der Waals surface area contributed by atoms with Crippen LogP contribution >= 0.6 is 46.4 Å². The Bertz CT molecular complexity index is 1650. The van der Waals surface area contributed by atoms with Crippen molar-refractivity contribution in [2.75, 3.05) is 5.32 Å². The summed E-state index contributed by atoms with van der Waals surface area (Å²) in [5.41, 5.74) is 3.82. The Hall–Kier alpha value is -3.22. The summed E-state index contributed by atoms with van der Waals surface area (Å²) in [5.74, 6) is 1.07. The number of amides is 1. The minimum absolute atomic E-state index is 0.332. The quantitative estimate of drug-likeness (QED) is 0.218. The minimum atomic E-state index is -0.332. The van der Waals surface area contributed by atoms with E-state index in [1.165, 1.54) is 6.08 Å². The minimum Gasteiger partial charge on any atom is -0.457 e. The Kier molecular flexibility index (Phi) is 6.82. The van der Waals surface area contributed by atoms with Crippen LogP contribution in [0.25, 0.3) is 40.0 Å². The van der Waals surface area contributed by atoms with Crippen LogP contribution in [0.5, 0.6) is 0 Å². The van der Waals surface area contributed by atoms with Crippen molar-refractivity contribution in [1.29, 1.82) is 0 Å². The van der Waals surface area contributed by atoms with E-state index in [0.29, 0.717) is 65.4 Å². The summed E-state index contributed by atoms with van der Waals surface area (Å²) in [6.45, 7) is 1.89. The molecule has 0 saturated carbocycles. The molecule has 2 aromatic heterocycles. The molecule has 1 N–H and O–H groups in total. The molecule has 0 radical (unpaired) electrons. The molecule has 2 heterocycles. The van der Waals surface area contributed by atoms with Gasteiger partial charge in [0.25, 0.3) is 0 Å². The third-order valence-corrected chi connectivity index (χ3v) is 6.71. The highest BCUT2D eigenvalue weighted by Gasteiger charge is 2.14. The molecule has 0 aliphatic heterocycles. The molecular formula is C27H16Cl4N2O3. The van der Waals surface area contributed by atoms with Gasteiger partial charge in [0.1, 0.15) is 17.0 Å². The number of oxazole rings is 1. The Morgan fingerprint density at radius 1 is 0.944 bits per heavy atom. The van der Waals surface area contributed by atoms with Crippen molar-refractivity contribution in [2.45, 2.75) is 6.92 Å². The van der Waals surface area contributed by atoms with Crippen molar-refractivity contribution in [3.05, 3.63) is 98.2 Å². The second kappa shape index (κ2) is 10.0. The van der Waals surface area contributed by atoms with Gasteiger partial charge in [0, 0.05) is 27.9 Å². The van der Waals surface area contributed by atoms with Gasteiger partial charge in [-0.15, -0.1) is 0 Å². The fourth-order valence-corrected chi connectivity index (χ4v) is 4.50. The Morgan fingerprint density at radius 2 is 1.78 bits per heavy atom. The van der Waals surface area contributed by atoms with Crippen LogP contribution in [0.2, 0.25) is 20.1 Å². The molecule has 5 rings (SSSR count). The second-order valence-corrected chi connectivity index (χ2v) is 9.54. The van der Waals surface area contributed by atoms with Gasteiger partial charge in [-0.1, -0.05) is 58.5 Å². The largest absolute Gasteiger partial charge is 0.457 e. The van der Waals surface area contributed by atoms with Crippen LogP contribution in [0.3, 0.4) is 0 Å². The van der Waals surface area contributed by atoms with Crippen molar-refractivity contribution in [3.63, 3.8) is 0 Å². The molecular weight excluding hydrogens is 542 g/mol. The zero-order chi connectivity index (χ0) is 25.4. The molecule has 0 spiro atoms. The van der Waals surface area contributed by atoms with Crippen LogP contribution in [0, 0.1) is 6.92 Å². The zero-order valence-corrected chi connectivity index (χ0v) is 21.6. The number of aromatic nitrogens is 1. The van der Waals surface area contributed by atoms with Crippen molar-refractivity contribution in [2.24, 2.45) is 0 Å². The zero-order valence-electron chi connectivity index (χ0n) is 18.6. The maximum atomic E-state index is 12.6. The van der Waals surface area contributed by atoms with E-state index in [0.717, 1.165) is 5.56 Å². The molecule has 0 aliphatic rings. The summed E-state index contributed by atoms with van der Waals surface area (Å²) in [6, 6.07) is 17.6. The van der Waals surface area contributed by atoms with Crippen molar-refractivity contribution >= 4 is 75.2 Å². The number of nitrogens with one attached hydrogen (secondary N) is 1. The van der Waals surface area contributed by atoms with Gasteiger partial charge >= 0.3 is 0 Å². The number of nitrogens with zero attached hydrogens (tertiary/aromatic N) is 1. The van der Waals surface area contributed by atoms with E-state index in [4.69, 9.17) is 55.2 Å². The number of rotatable bonds is 5. The first-order chi connectivity index (χ1) is 17.3. The number of furan rings is 1. The molecule has 3 aromatic carbocycles. The first-order valence-corrected chi connectivity index (χ1v) is 12.2. The highest BCUT2D eigenvalue weighted by Crippen LogP contribution is 2.35. The smallest absolute Gasteiger partial charge is 0.248 e. The summed E-state index contributed by atoms with van der Waals surface area (Å²) in [6.07, 6.45) is 2.96. The number of fused-ring (bicyclic) bond motifs is 1. The summed E-state index contributed by atoms with van der Waals surface area (Å²) >= 11 is 24.6. The number of hydrogen-bond acceptors (Lipinski definition) is 4. The van der Waals surface area contributed by atoms with E-state index >= 15 is 0 Å². The lowest BCUT2D eigenvalue weighted by Gasteiger charge is -2.08. The number of halogens is 4. The van der Waals surface area contributed by atoms with Crippen molar-refractivity contribution in [3.8, 4) is 22.8 Å². The van der Waals surface area contributed by atoms with Gasteiger partial charge in [0.15, 0.2) is 5.58 Å². The van der Waals surface area contributed by atoms with Gasteiger partial charge in [0.2, 0.25) is 11.8 Å². The van der Waals surface area contributed by atoms with Gasteiger partial charge in [-0.25, -0.2) is 4.98 Å². The third-order valence-electron chi connectivity index (χ3n) is 5.39. The van der Waals surface area contributed by atoms with Gasteiger partial charge in [0.05, 0.1) is 15.1 Å². The first-order valence-electron chi connectivity index (χ1n) is 10.7. The Balaban J connectivity index is 1.34. The normalized spacial score (nSPS) is 11.5. The van der Waals surface area contributed by atoms with E-state index in [9.17, 15) is 4.79 Å². The maximum Gasteiger partial charge on any atom is 0.248 e. The van der Waals surface area contributed by atoms with Crippen LogP contribution in [-0.4, -0.2) is 10.9 Å². The fourth-order valence-electron chi connectivity index (χ4n) is 3.59. The topological polar surface area (TPSA) is 68.3 Å². The Morgan fingerprint density at radius 3 is 2.61 bits per heavy atom. The number of benzene rings is 3. The van der Waals surface area contributed by atoms with Crippen LogP contribution in [0.4, 0.5) is 5.69 Å². The van der Waals surface area contributed by atoms with E-state index in [1.807, 2.05) is 25.1 Å². The molecule has 0 saturated heterocycles. The van der Waals surface area contributed by atoms with E-state index < -0.39 is 0 Å². The van der Waals surface area contributed by atoms with Crippen molar-refractivity contribution in [1.82, 2.24) is 4.98 Å². The second-order valence-electron chi connectivity index (χ2n) is 7.91. The lowest BCUT2D eigenvalue weighted by atomic mass is 10.1. The molecule has 9 heteroatoms. The standard InChI is InChI=1S/C27H16Cl4N2O3/c1-14-5-6-15(27-33-22-13-16(28)12-20(30)26(22)36-27)11-21(14)32-24(34)10-8-17-7-9-23(35-17)18-3-2-4-19(29)25(18)31/h2-13H,1H3,(H,32,34). The number of anilines is 1. The SMILES string of the molecule is Cc1ccc(-c2nc3cc(Cl)cc(Cl)c3o2)cc1NC(=O)C=Cc1ccc(-c2cccc(Cl)c2Cl)o1. The molecule has 1 amide bonds. The average Bonchev–Trinajstić information content (AvgIpc) is 3.48. The highest BCUT2D eigenvalue weighted by molar-refractivity contribution is 6.43. The molecule has 5 aromatic rings. The number of carbonyl (C=O) groups excluding carboxylic acids is 1. The average molecular weight is 558 g/mol. The van der Waals surface area contributed by atoms with Gasteiger partial charge in [-0.05, 0) is 67.1 Å². The number of hydrogen-bond donors (Lipinski definition) is 1. The molecule has 0 unspecified atom stereocenters. The molecule has 0 atom stereocenters.